The van der Waals surface area contributed by atoms with Crippen LogP contribution in [0.1, 0.15) is 55.1 Å². The number of hydrogen-bond donors (Lipinski definition) is 2. The van der Waals surface area contributed by atoms with Gasteiger partial charge in [0.05, 0.1) is 4.90 Å². The summed E-state index contributed by atoms with van der Waals surface area (Å²) in [6.45, 7) is 6.43. The van der Waals surface area contributed by atoms with Crippen LogP contribution in [0.15, 0.2) is 59.5 Å². The van der Waals surface area contributed by atoms with Crippen LogP contribution in [0.2, 0.25) is 0 Å². The number of amides is 1. The lowest BCUT2D eigenvalue weighted by molar-refractivity contribution is 0.0938. The molecular formula is C23H31N3O3S. The summed E-state index contributed by atoms with van der Waals surface area (Å²) in [5.74, 6) is -0.257. The van der Waals surface area contributed by atoms with Crippen molar-refractivity contribution in [3.05, 3.63) is 65.7 Å². The Kier molecular flexibility index (Phi) is 7.64. The van der Waals surface area contributed by atoms with Crippen LogP contribution in [-0.2, 0) is 10.0 Å². The Morgan fingerprint density at radius 3 is 2.63 bits per heavy atom. The highest BCUT2D eigenvalue weighted by Gasteiger charge is 2.20. The Bertz CT molecular complexity index is 947. The largest absolute Gasteiger partial charge is 0.351 e. The van der Waals surface area contributed by atoms with Crippen molar-refractivity contribution in [2.75, 3.05) is 19.6 Å². The predicted molar refractivity (Wildman–Crippen MR) is 119 cm³/mol. The van der Waals surface area contributed by atoms with E-state index in [0.29, 0.717) is 18.2 Å². The van der Waals surface area contributed by atoms with E-state index in [1.807, 2.05) is 30.3 Å². The van der Waals surface area contributed by atoms with E-state index in [4.69, 9.17) is 0 Å². The first kappa shape index (κ1) is 22.5. The minimum atomic E-state index is -3.75. The molecule has 0 saturated carbocycles. The van der Waals surface area contributed by atoms with Crippen LogP contribution in [0.25, 0.3) is 0 Å². The Morgan fingerprint density at radius 2 is 1.90 bits per heavy atom. The lowest BCUT2D eigenvalue weighted by Crippen LogP contribution is -2.42. The minimum Gasteiger partial charge on any atom is -0.351 e. The number of benzene rings is 2. The number of likely N-dealkylation sites (tertiary alicyclic amines) is 1. The molecule has 0 radical (unpaired) electrons. The van der Waals surface area contributed by atoms with Crippen molar-refractivity contribution < 1.29 is 13.2 Å². The second-order valence-corrected chi connectivity index (χ2v) is 9.63. The second-order valence-electron chi connectivity index (χ2n) is 7.92. The highest BCUT2D eigenvalue weighted by Crippen LogP contribution is 2.18. The van der Waals surface area contributed by atoms with E-state index in [9.17, 15) is 13.2 Å². The molecule has 0 spiro atoms. The van der Waals surface area contributed by atoms with Gasteiger partial charge in [0.1, 0.15) is 0 Å². The summed E-state index contributed by atoms with van der Waals surface area (Å²) in [4.78, 5) is 15.0. The van der Waals surface area contributed by atoms with E-state index >= 15 is 0 Å². The first-order valence-electron chi connectivity index (χ1n) is 10.6. The van der Waals surface area contributed by atoms with Crippen LogP contribution in [0.5, 0.6) is 0 Å². The Balaban J connectivity index is 1.60. The van der Waals surface area contributed by atoms with Crippen molar-refractivity contribution in [2.24, 2.45) is 0 Å². The molecule has 0 aliphatic carbocycles. The number of piperidine rings is 1. The van der Waals surface area contributed by atoms with Gasteiger partial charge in [-0.25, -0.2) is 13.1 Å². The molecular weight excluding hydrogens is 398 g/mol. The first-order valence-corrected chi connectivity index (χ1v) is 12.0. The van der Waals surface area contributed by atoms with Gasteiger partial charge in [-0.05, 0) is 57.0 Å². The number of carbonyl (C=O) groups is 1. The number of rotatable bonds is 8. The van der Waals surface area contributed by atoms with Gasteiger partial charge in [0.2, 0.25) is 10.0 Å². The molecule has 1 aliphatic rings. The van der Waals surface area contributed by atoms with Gasteiger partial charge in [-0.3, -0.25) is 9.69 Å². The highest BCUT2D eigenvalue weighted by molar-refractivity contribution is 7.89. The van der Waals surface area contributed by atoms with Crippen LogP contribution in [0.3, 0.4) is 0 Å². The zero-order valence-electron chi connectivity index (χ0n) is 17.7. The standard InChI is InChI=1S/C23H31N3O3S/c1-18-9-6-7-15-26(18)16-14-24-23(27)21-12-8-13-22(17-21)30(28,29)25-19(2)20-10-4-3-5-11-20/h3-5,8,10-13,17-19,25H,6-7,9,14-16H2,1-2H3,(H,24,27). The summed E-state index contributed by atoms with van der Waals surface area (Å²) < 4.78 is 28.3. The summed E-state index contributed by atoms with van der Waals surface area (Å²) in [5.41, 5.74) is 1.22. The van der Waals surface area contributed by atoms with Crippen LogP contribution >= 0.6 is 0 Å². The molecule has 0 bridgehead atoms. The number of hydrogen-bond acceptors (Lipinski definition) is 4. The van der Waals surface area contributed by atoms with E-state index in [-0.39, 0.29) is 16.8 Å². The number of nitrogens with one attached hydrogen (secondary N) is 2. The molecule has 3 rings (SSSR count). The van der Waals surface area contributed by atoms with Gasteiger partial charge >= 0.3 is 0 Å². The molecule has 2 N–H and O–H groups in total. The van der Waals surface area contributed by atoms with Gasteiger partial charge in [-0.15, -0.1) is 0 Å². The molecule has 1 saturated heterocycles. The van der Waals surface area contributed by atoms with Crippen LogP contribution < -0.4 is 10.0 Å². The summed E-state index contributed by atoms with van der Waals surface area (Å²) in [6, 6.07) is 15.7. The van der Waals surface area contributed by atoms with Crippen molar-refractivity contribution >= 4 is 15.9 Å². The molecule has 162 valence electrons. The van der Waals surface area contributed by atoms with E-state index in [1.54, 1.807) is 19.1 Å². The molecule has 2 atom stereocenters. The monoisotopic (exact) mass is 429 g/mol. The third-order valence-corrected chi connectivity index (χ3v) is 7.20. The van der Waals surface area contributed by atoms with Gasteiger partial charge in [0.15, 0.2) is 0 Å². The Labute approximate surface area is 179 Å². The SMILES string of the molecule is CC(NS(=O)(=O)c1cccc(C(=O)NCCN2CCCCC2C)c1)c1ccccc1. The first-order chi connectivity index (χ1) is 14.4. The molecule has 2 aromatic carbocycles. The number of carbonyl (C=O) groups excluding carboxylic acids is 1. The van der Waals surface area contributed by atoms with E-state index in [1.165, 1.54) is 31.4 Å². The van der Waals surface area contributed by atoms with Crippen molar-refractivity contribution in [1.82, 2.24) is 14.9 Å². The fraction of sp³-hybridized carbons (Fsp3) is 0.435. The molecule has 30 heavy (non-hydrogen) atoms. The third-order valence-electron chi connectivity index (χ3n) is 5.66. The number of sulfonamides is 1. The van der Waals surface area contributed by atoms with Gasteiger partial charge in [0.25, 0.3) is 5.91 Å². The normalized spacial score (nSPS) is 18.7. The van der Waals surface area contributed by atoms with Gasteiger partial charge in [-0.1, -0.05) is 42.8 Å². The smallest absolute Gasteiger partial charge is 0.251 e. The zero-order chi connectivity index (χ0) is 21.6. The third kappa shape index (κ3) is 5.90. The fourth-order valence-electron chi connectivity index (χ4n) is 3.82. The average Bonchev–Trinajstić information content (AvgIpc) is 2.75. The van der Waals surface area contributed by atoms with Crippen LogP contribution in [0.4, 0.5) is 0 Å². The lowest BCUT2D eigenvalue weighted by Gasteiger charge is -2.33. The summed E-state index contributed by atoms with van der Waals surface area (Å²) in [7, 11) is -3.75. The van der Waals surface area contributed by atoms with E-state index in [2.05, 4.69) is 21.9 Å². The van der Waals surface area contributed by atoms with Gasteiger partial charge in [0, 0.05) is 30.7 Å². The van der Waals surface area contributed by atoms with Crippen molar-refractivity contribution in [3.63, 3.8) is 0 Å². The van der Waals surface area contributed by atoms with Crippen molar-refractivity contribution in [2.45, 2.75) is 50.1 Å². The summed E-state index contributed by atoms with van der Waals surface area (Å²) in [6.07, 6.45) is 3.66. The van der Waals surface area contributed by atoms with Crippen molar-refractivity contribution in [3.8, 4) is 0 Å². The lowest BCUT2D eigenvalue weighted by atomic mass is 10.0. The molecule has 6 nitrogen and oxygen atoms in total. The van der Waals surface area contributed by atoms with Gasteiger partial charge < -0.3 is 5.32 Å². The Morgan fingerprint density at radius 1 is 1.13 bits per heavy atom. The molecule has 2 aromatic rings. The quantitative estimate of drug-likeness (QED) is 0.675. The molecule has 7 heteroatoms. The molecule has 1 fully saturated rings. The van der Waals surface area contributed by atoms with Crippen LogP contribution in [0, 0.1) is 0 Å². The minimum absolute atomic E-state index is 0.0857. The van der Waals surface area contributed by atoms with E-state index in [0.717, 1.165) is 18.7 Å². The van der Waals surface area contributed by atoms with Crippen LogP contribution in [-0.4, -0.2) is 44.9 Å². The maximum Gasteiger partial charge on any atom is 0.251 e. The average molecular weight is 430 g/mol. The molecule has 2 unspecified atom stereocenters. The van der Waals surface area contributed by atoms with Crippen molar-refractivity contribution in [1.29, 1.82) is 0 Å². The molecule has 1 heterocycles. The molecule has 1 aliphatic heterocycles. The molecule has 0 aromatic heterocycles. The highest BCUT2D eigenvalue weighted by atomic mass is 32.2. The maximum absolute atomic E-state index is 12.8. The zero-order valence-corrected chi connectivity index (χ0v) is 18.5. The summed E-state index contributed by atoms with van der Waals surface area (Å²) in [5, 5.41) is 2.92. The van der Waals surface area contributed by atoms with E-state index < -0.39 is 10.0 Å². The second kappa shape index (κ2) is 10.2. The molecule has 1 amide bonds. The van der Waals surface area contributed by atoms with Gasteiger partial charge in [-0.2, -0.15) is 0 Å². The summed E-state index contributed by atoms with van der Waals surface area (Å²) >= 11 is 0. The Hall–Kier alpha value is -2.22. The maximum atomic E-state index is 12.8. The predicted octanol–water partition coefficient (Wildman–Crippen LogP) is 3.33. The topological polar surface area (TPSA) is 78.5 Å². The fourth-order valence-corrected chi connectivity index (χ4v) is 5.10. The number of nitrogens with zero attached hydrogens (tertiary/aromatic N) is 1.